The molecule has 0 spiro atoms. The van der Waals surface area contributed by atoms with Gasteiger partial charge in [0.05, 0.1) is 7.11 Å². The number of nitrogens with zero attached hydrogens (tertiary/aromatic N) is 1. The van der Waals surface area contributed by atoms with Gasteiger partial charge in [-0.2, -0.15) is 0 Å². The molecular formula is C17H18ClNO2. The lowest BCUT2D eigenvalue weighted by Crippen LogP contribution is -2.28. The van der Waals surface area contributed by atoms with Crippen molar-refractivity contribution in [3.05, 3.63) is 64.7 Å². The van der Waals surface area contributed by atoms with Crippen molar-refractivity contribution in [3.63, 3.8) is 0 Å². The number of benzene rings is 2. The summed E-state index contributed by atoms with van der Waals surface area (Å²) < 4.78 is 5.32. The van der Waals surface area contributed by atoms with Gasteiger partial charge in [-0.1, -0.05) is 29.8 Å². The Morgan fingerprint density at radius 2 is 1.81 bits per heavy atom. The van der Waals surface area contributed by atoms with Gasteiger partial charge in [-0.3, -0.25) is 4.79 Å². The number of carbonyl (C=O) groups excluding carboxylic acids is 1. The van der Waals surface area contributed by atoms with Crippen molar-refractivity contribution in [2.45, 2.75) is 6.42 Å². The molecule has 0 saturated carbocycles. The maximum atomic E-state index is 12.3. The minimum absolute atomic E-state index is 0.0124. The van der Waals surface area contributed by atoms with Crippen LogP contribution in [0, 0.1) is 0 Å². The molecule has 0 aromatic heterocycles. The maximum absolute atomic E-state index is 12.3. The van der Waals surface area contributed by atoms with Gasteiger partial charge in [0, 0.05) is 24.2 Å². The average molecular weight is 304 g/mol. The lowest BCUT2D eigenvalue weighted by atomic mass is 10.1. The molecule has 2 rings (SSSR count). The Hall–Kier alpha value is -2.00. The second kappa shape index (κ2) is 7.14. The first-order valence-electron chi connectivity index (χ1n) is 6.74. The average Bonchev–Trinajstić information content (AvgIpc) is 2.52. The molecule has 0 saturated heterocycles. The number of amides is 1. The molecular weight excluding hydrogens is 286 g/mol. The van der Waals surface area contributed by atoms with Crippen molar-refractivity contribution in [3.8, 4) is 5.75 Å². The fourth-order valence-corrected chi connectivity index (χ4v) is 2.24. The fourth-order valence-electron chi connectivity index (χ4n) is 2.11. The highest BCUT2D eigenvalue weighted by Gasteiger charge is 2.12. The number of hydrogen-bond donors (Lipinski definition) is 0. The summed E-state index contributed by atoms with van der Waals surface area (Å²) in [5, 5.41) is 0.628. The molecule has 0 bridgehead atoms. The molecule has 0 N–H and O–H groups in total. The predicted octanol–water partition coefficient (Wildman–Crippen LogP) is 3.66. The third-order valence-electron chi connectivity index (χ3n) is 3.35. The van der Waals surface area contributed by atoms with E-state index in [4.69, 9.17) is 16.3 Å². The van der Waals surface area contributed by atoms with E-state index in [-0.39, 0.29) is 5.91 Å². The Morgan fingerprint density at radius 3 is 2.48 bits per heavy atom. The fraction of sp³-hybridized carbons (Fsp3) is 0.235. The van der Waals surface area contributed by atoms with Gasteiger partial charge in [0.2, 0.25) is 0 Å². The van der Waals surface area contributed by atoms with Crippen molar-refractivity contribution in [2.24, 2.45) is 0 Å². The lowest BCUT2D eigenvalue weighted by Gasteiger charge is -2.18. The predicted molar refractivity (Wildman–Crippen MR) is 85.1 cm³/mol. The summed E-state index contributed by atoms with van der Waals surface area (Å²) in [6.45, 7) is 0.627. The largest absolute Gasteiger partial charge is 0.496 e. The summed E-state index contributed by atoms with van der Waals surface area (Å²) in [6, 6.07) is 14.8. The molecule has 0 radical (unpaired) electrons. The standard InChI is InChI=1S/C17H18ClNO2/c1-19(17(20)14-7-9-15(18)10-8-14)12-11-13-5-3-4-6-16(13)21-2/h3-10H,11-12H2,1-2H3. The first-order valence-corrected chi connectivity index (χ1v) is 7.12. The van der Waals surface area contributed by atoms with Gasteiger partial charge < -0.3 is 9.64 Å². The number of halogens is 1. The molecule has 0 unspecified atom stereocenters. The Morgan fingerprint density at radius 1 is 1.14 bits per heavy atom. The van der Waals surface area contributed by atoms with Crippen molar-refractivity contribution in [2.75, 3.05) is 20.7 Å². The Balaban J connectivity index is 1.99. The van der Waals surface area contributed by atoms with E-state index in [1.54, 1.807) is 43.3 Å². The maximum Gasteiger partial charge on any atom is 0.253 e. The molecule has 0 aliphatic carbocycles. The highest BCUT2D eigenvalue weighted by Crippen LogP contribution is 2.18. The van der Waals surface area contributed by atoms with Crippen LogP contribution in [-0.2, 0) is 6.42 Å². The Labute approximate surface area is 130 Å². The lowest BCUT2D eigenvalue weighted by molar-refractivity contribution is 0.0796. The van der Waals surface area contributed by atoms with E-state index in [0.29, 0.717) is 17.1 Å². The normalized spacial score (nSPS) is 10.2. The third kappa shape index (κ3) is 3.99. The van der Waals surface area contributed by atoms with Gasteiger partial charge in [-0.05, 0) is 42.3 Å². The first-order chi connectivity index (χ1) is 10.1. The molecule has 0 aliphatic rings. The molecule has 1 amide bonds. The number of ether oxygens (including phenoxy) is 1. The van der Waals surface area contributed by atoms with E-state index in [0.717, 1.165) is 17.7 Å². The summed E-state index contributed by atoms with van der Waals surface area (Å²) in [5.74, 6) is 0.839. The molecule has 21 heavy (non-hydrogen) atoms. The van der Waals surface area contributed by atoms with E-state index in [1.165, 1.54) is 0 Å². The van der Waals surface area contributed by atoms with Gasteiger partial charge in [0.1, 0.15) is 5.75 Å². The van der Waals surface area contributed by atoms with Crippen LogP contribution in [-0.4, -0.2) is 31.5 Å². The number of hydrogen-bond acceptors (Lipinski definition) is 2. The highest BCUT2D eigenvalue weighted by atomic mass is 35.5. The highest BCUT2D eigenvalue weighted by molar-refractivity contribution is 6.30. The van der Waals surface area contributed by atoms with Crippen LogP contribution in [0.2, 0.25) is 5.02 Å². The second-order valence-electron chi connectivity index (χ2n) is 4.80. The summed E-state index contributed by atoms with van der Waals surface area (Å²) in [4.78, 5) is 14.0. The van der Waals surface area contributed by atoms with Crippen LogP contribution in [0.3, 0.4) is 0 Å². The molecule has 3 nitrogen and oxygen atoms in total. The number of carbonyl (C=O) groups is 1. The quantitative estimate of drug-likeness (QED) is 0.843. The molecule has 4 heteroatoms. The van der Waals surface area contributed by atoms with Gasteiger partial charge in [-0.25, -0.2) is 0 Å². The van der Waals surface area contributed by atoms with Crippen LogP contribution in [0.1, 0.15) is 15.9 Å². The smallest absolute Gasteiger partial charge is 0.253 e. The Kier molecular flexibility index (Phi) is 5.23. The summed E-state index contributed by atoms with van der Waals surface area (Å²) >= 11 is 5.83. The zero-order chi connectivity index (χ0) is 15.2. The van der Waals surface area contributed by atoms with Crippen LogP contribution in [0.4, 0.5) is 0 Å². The molecule has 0 aliphatic heterocycles. The summed E-state index contributed by atoms with van der Waals surface area (Å²) in [5.41, 5.74) is 1.73. The van der Waals surface area contributed by atoms with E-state index in [1.807, 2.05) is 24.3 Å². The van der Waals surface area contributed by atoms with E-state index >= 15 is 0 Å². The van der Waals surface area contributed by atoms with E-state index in [2.05, 4.69) is 0 Å². The number of likely N-dealkylation sites (N-methyl/N-ethyl adjacent to an activating group) is 1. The molecule has 2 aromatic carbocycles. The minimum atomic E-state index is -0.0124. The monoisotopic (exact) mass is 303 g/mol. The van der Waals surface area contributed by atoms with Crippen molar-refractivity contribution in [1.82, 2.24) is 4.90 Å². The third-order valence-corrected chi connectivity index (χ3v) is 3.60. The van der Waals surface area contributed by atoms with Crippen molar-refractivity contribution >= 4 is 17.5 Å². The van der Waals surface area contributed by atoms with Gasteiger partial charge in [0.25, 0.3) is 5.91 Å². The SMILES string of the molecule is COc1ccccc1CCN(C)C(=O)c1ccc(Cl)cc1. The van der Waals surface area contributed by atoms with E-state index in [9.17, 15) is 4.79 Å². The number of methoxy groups -OCH3 is 1. The summed E-state index contributed by atoms with van der Waals surface area (Å²) in [7, 11) is 3.45. The minimum Gasteiger partial charge on any atom is -0.496 e. The number of para-hydroxylation sites is 1. The first kappa shape index (κ1) is 15.4. The van der Waals surface area contributed by atoms with Crippen LogP contribution >= 0.6 is 11.6 Å². The van der Waals surface area contributed by atoms with E-state index < -0.39 is 0 Å². The number of rotatable bonds is 5. The van der Waals surface area contributed by atoms with Crippen LogP contribution < -0.4 is 4.74 Å². The summed E-state index contributed by atoms with van der Waals surface area (Å²) in [6.07, 6.45) is 0.750. The topological polar surface area (TPSA) is 29.5 Å². The van der Waals surface area contributed by atoms with Crippen LogP contribution in [0.15, 0.2) is 48.5 Å². The molecule has 0 heterocycles. The molecule has 110 valence electrons. The van der Waals surface area contributed by atoms with Crippen molar-refractivity contribution in [1.29, 1.82) is 0 Å². The van der Waals surface area contributed by atoms with Gasteiger partial charge in [0.15, 0.2) is 0 Å². The van der Waals surface area contributed by atoms with Crippen LogP contribution in [0.5, 0.6) is 5.75 Å². The molecule has 2 aromatic rings. The van der Waals surface area contributed by atoms with Gasteiger partial charge >= 0.3 is 0 Å². The molecule has 0 fully saturated rings. The molecule has 0 atom stereocenters. The van der Waals surface area contributed by atoms with Gasteiger partial charge in [-0.15, -0.1) is 0 Å². The Bertz CT molecular complexity index is 610. The van der Waals surface area contributed by atoms with Crippen LogP contribution in [0.25, 0.3) is 0 Å². The zero-order valence-corrected chi connectivity index (χ0v) is 12.9. The second-order valence-corrected chi connectivity index (χ2v) is 5.23. The zero-order valence-electron chi connectivity index (χ0n) is 12.2. The van der Waals surface area contributed by atoms with Crippen molar-refractivity contribution < 1.29 is 9.53 Å².